The summed E-state index contributed by atoms with van der Waals surface area (Å²) in [4.78, 5) is 17.2. The van der Waals surface area contributed by atoms with Gasteiger partial charge in [0, 0.05) is 12.2 Å². The fourth-order valence-electron chi connectivity index (χ4n) is 2.17. The van der Waals surface area contributed by atoms with Gasteiger partial charge in [-0.1, -0.05) is 29.4 Å². The second kappa shape index (κ2) is 7.99. The molecule has 0 bridgehead atoms. The molecule has 25 heavy (non-hydrogen) atoms. The molecule has 9 heteroatoms. The highest BCUT2D eigenvalue weighted by atomic mass is 35.5. The van der Waals surface area contributed by atoms with E-state index in [9.17, 15) is 4.79 Å². The van der Waals surface area contributed by atoms with Gasteiger partial charge in [0.2, 0.25) is 5.91 Å². The highest BCUT2D eigenvalue weighted by Gasteiger charge is 2.18. The van der Waals surface area contributed by atoms with E-state index in [-0.39, 0.29) is 17.7 Å². The molecule has 0 spiro atoms. The van der Waals surface area contributed by atoms with Crippen LogP contribution in [0.3, 0.4) is 0 Å². The first kappa shape index (κ1) is 17.9. The molecule has 0 unspecified atom stereocenters. The monoisotopic (exact) mass is 393 g/mol. The number of halogens is 1. The molecular weight excluding hydrogens is 378 g/mol. The normalized spacial score (nSPS) is 11.0. The van der Waals surface area contributed by atoms with Crippen molar-refractivity contribution in [3.05, 3.63) is 40.9 Å². The Hall–Kier alpha value is -1.90. The van der Waals surface area contributed by atoms with Crippen molar-refractivity contribution in [2.45, 2.75) is 25.0 Å². The average Bonchev–Trinajstić information content (AvgIpc) is 3.24. The van der Waals surface area contributed by atoms with Gasteiger partial charge in [0.25, 0.3) is 0 Å². The third kappa shape index (κ3) is 4.39. The molecule has 3 heterocycles. The van der Waals surface area contributed by atoms with Crippen molar-refractivity contribution in [1.82, 2.24) is 19.7 Å². The van der Waals surface area contributed by atoms with Crippen LogP contribution in [0.25, 0.3) is 10.7 Å². The van der Waals surface area contributed by atoms with Crippen LogP contribution in [0.1, 0.15) is 19.9 Å². The Morgan fingerprint density at radius 1 is 1.36 bits per heavy atom. The highest BCUT2D eigenvalue weighted by molar-refractivity contribution is 7.99. The van der Waals surface area contributed by atoms with Crippen LogP contribution < -0.4 is 5.32 Å². The summed E-state index contributed by atoms with van der Waals surface area (Å²) in [6, 6.07) is 7.53. The highest BCUT2D eigenvalue weighted by Crippen LogP contribution is 2.30. The fourth-order valence-corrected chi connectivity index (χ4v) is 3.86. The van der Waals surface area contributed by atoms with Crippen molar-refractivity contribution in [2.24, 2.45) is 0 Å². The maximum atomic E-state index is 12.1. The Morgan fingerprint density at radius 3 is 2.84 bits per heavy atom. The van der Waals surface area contributed by atoms with Crippen molar-refractivity contribution in [3.8, 4) is 10.7 Å². The van der Waals surface area contributed by atoms with E-state index in [1.54, 1.807) is 23.5 Å². The Morgan fingerprint density at radius 2 is 2.20 bits per heavy atom. The first-order chi connectivity index (χ1) is 12.0. The Bertz CT molecular complexity index is 846. The van der Waals surface area contributed by atoms with E-state index in [4.69, 9.17) is 11.6 Å². The molecular formula is C16H16ClN5OS2. The summed E-state index contributed by atoms with van der Waals surface area (Å²) in [5.74, 6) is 1.36. The molecule has 3 aromatic rings. The number of hydrogen-bond donors (Lipinski definition) is 1. The van der Waals surface area contributed by atoms with Crippen molar-refractivity contribution < 1.29 is 4.79 Å². The smallest absolute Gasteiger partial charge is 0.236 e. The van der Waals surface area contributed by atoms with Gasteiger partial charge in [0.15, 0.2) is 11.0 Å². The molecule has 1 amide bonds. The molecule has 3 rings (SSSR count). The van der Waals surface area contributed by atoms with Crippen LogP contribution in [0, 0.1) is 0 Å². The van der Waals surface area contributed by atoms with Gasteiger partial charge in [0.05, 0.1) is 15.7 Å². The standard InChI is InChI=1S/C16H16ClN5OS2/c1-10(2)22-15(12-4-3-7-24-12)20-21-16(22)25-9-14(23)19-13-6-5-11(17)8-18-13/h3-8,10H,9H2,1-2H3,(H,18,19,23). The number of amides is 1. The van der Waals surface area contributed by atoms with Gasteiger partial charge >= 0.3 is 0 Å². The first-order valence-corrected chi connectivity index (χ1v) is 9.82. The lowest BCUT2D eigenvalue weighted by atomic mass is 10.3. The lowest BCUT2D eigenvalue weighted by molar-refractivity contribution is -0.113. The van der Waals surface area contributed by atoms with E-state index in [1.165, 1.54) is 18.0 Å². The number of rotatable bonds is 6. The lowest BCUT2D eigenvalue weighted by Crippen LogP contribution is -2.15. The lowest BCUT2D eigenvalue weighted by Gasteiger charge is -2.12. The first-order valence-electron chi connectivity index (χ1n) is 7.57. The maximum absolute atomic E-state index is 12.1. The van der Waals surface area contributed by atoms with Crippen LogP contribution in [-0.2, 0) is 4.79 Å². The van der Waals surface area contributed by atoms with Crippen LogP contribution in [0.15, 0.2) is 41.0 Å². The number of anilines is 1. The molecule has 0 fully saturated rings. The zero-order chi connectivity index (χ0) is 17.8. The minimum Gasteiger partial charge on any atom is -0.310 e. The largest absolute Gasteiger partial charge is 0.310 e. The summed E-state index contributed by atoms with van der Waals surface area (Å²) < 4.78 is 2.05. The number of aromatic nitrogens is 4. The van der Waals surface area contributed by atoms with Crippen molar-refractivity contribution >= 4 is 46.4 Å². The summed E-state index contributed by atoms with van der Waals surface area (Å²) in [5, 5.41) is 14.5. The minimum absolute atomic E-state index is 0.157. The zero-order valence-electron chi connectivity index (χ0n) is 13.6. The fraction of sp³-hybridized carbons (Fsp3) is 0.250. The molecule has 0 aliphatic carbocycles. The zero-order valence-corrected chi connectivity index (χ0v) is 16.0. The molecule has 1 N–H and O–H groups in total. The molecule has 0 aromatic carbocycles. The Labute approximate surface area is 158 Å². The SMILES string of the molecule is CC(C)n1c(SCC(=O)Nc2ccc(Cl)cn2)nnc1-c1cccs1. The van der Waals surface area contributed by atoms with E-state index in [0.29, 0.717) is 10.8 Å². The van der Waals surface area contributed by atoms with Crippen molar-refractivity contribution in [2.75, 3.05) is 11.1 Å². The van der Waals surface area contributed by atoms with Crippen molar-refractivity contribution in [3.63, 3.8) is 0 Å². The summed E-state index contributed by atoms with van der Waals surface area (Å²) in [5.41, 5.74) is 0. The van der Waals surface area contributed by atoms with E-state index in [2.05, 4.69) is 34.3 Å². The molecule has 0 saturated heterocycles. The van der Waals surface area contributed by atoms with Gasteiger partial charge in [-0.15, -0.1) is 21.5 Å². The van der Waals surface area contributed by atoms with E-state index < -0.39 is 0 Å². The van der Waals surface area contributed by atoms with Gasteiger partial charge in [-0.2, -0.15) is 0 Å². The number of thiophene rings is 1. The second-order valence-corrected chi connectivity index (χ2v) is 7.77. The van der Waals surface area contributed by atoms with Crippen molar-refractivity contribution in [1.29, 1.82) is 0 Å². The van der Waals surface area contributed by atoms with Gasteiger partial charge in [-0.05, 0) is 37.4 Å². The molecule has 0 aliphatic rings. The number of hydrogen-bond acceptors (Lipinski definition) is 6. The molecule has 0 aliphatic heterocycles. The number of nitrogens with one attached hydrogen (secondary N) is 1. The van der Waals surface area contributed by atoms with Crippen LogP contribution in [0.5, 0.6) is 0 Å². The average molecular weight is 394 g/mol. The minimum atomic E-state index is -0.157. The van der Waals surface area contributed by atoms with E-state index in [0.717, 1.165) is 15.9 Å². The van der Waals surface area contributed by atoms with Crippen LogP contribution in [0.4, 0.5) is 5.82 Å². The van der Waals surface area contributed by atoms with Crippen LogP contribution in [-0.4, -0.2) is 31.4 Å². The predicted molar refractivity (Wildman–Crippen MR) is 102 cm³/mol. The topological polar surface area (TPSA) is 72.7 Å². The molecule has 6 nitrogen and oxygen atoms in total. The van der Waals surface area contributed by atoms with E-state index >= 15 is 0 Å². The number of pyridine rings is 1. The number of nitrogens with zero attached hydrogens (tertiary/aromatic N) is 4. The predicted octanol–water partition coefficient (Wildman–Crippen LogP) is 4.37. The van der Waals surface area contributed by atoms with Gasteiger partial charge in [0.1, 0.15) is 5.82 Å². The Balaban J connectivity index is 1.68. The number of thioether (sulfide) groups is 1. The molecule has 3 aromatic heterocycles. The third-order valence-electron chi connectivity index (χ3n) is 3.25. The number of carbonyl (C=O) groups is 1. The summed E-state index contributed by atoms with van der Waals surface area (Å²) in [7, 11) is 0. The molecule has 0 atom stereocenters. The van der Waals surface area contributed by atoms with Crippen LogP contribution in [0.2, 0.25) is 5.02 Å². The van der Waals surface area contributed by atoms with Gasteiger partial charge in [-0.25, -0.2) is 4.98 Å². The molecule has 0 saturated carbocycles. The Kier molecular flexibility index (Phi) is 5.72. The number of carbonyl (C=O) groups excluding carboxylic acids is 1. The molecule has 130 valence electrons. The van der Waals surface area contributed by atoms with Gasteiger partial charge in [-0.3, -0.25) is 9.36 Å². The van der Waals surface area contributed by atoms with Gasteiger partial charge < -0.3 is 5.32 Å². The third-order valence-corrected chi connectivity index (χ3v) is 5.28. The second-order valence-electron chi connectivity index (χ2n) is 5.45. The summed E-state index contributed by atoms with van der Waals surface area (Å²) >= 11 is 8.75. The maximum Gasteiger partial charge on any atom is 0.236 e. The summed E-state index contributed by atoms with van der Waals surface area (Å²) in [6.07, 6.45) is 1.49. The summed E-state index contributed by atoms with van der Waals surface area (Å²) in [6.45, 7) is 4.14. The van der Waals surface area contributed by atoms with E-state index in [1.807, 2.05) is 22.1 Å². The molecule has 0 radical (unpaired) electrons. The quantitative estimate of drug-likeness (QED) is 0.629. The van der Waals surface area contributed by atoms with Crippen LogP contribution >= 0.6 is 34.7 Å².